The van der Waals surface area contributed by atoms with Crippen molar-refractivity contribution >= 4 is 29.9 Å². The molecule has 1 fully saturated rings. The minimum Gasteiger partial charge on any atom is -0.454 e. The SMILES string of the molecule is CCCC(N)C(=O)N1CCC(C(=O)Nc2ccc3c(c2)OCO3)CC1.Cl. The van der Waals surface area contributed by atoms with Crippen molar-refractivity contribution in [2.75, 3.05) is 25.2 Å². The Labute approximate surface area is 159 Å². The van der Waals surface area contributed by atoms with E-state index in [9.17, 15) is 9.59 Å². The van der Waals surface area contributed by atoms with Crippen LogP contribution in [0.5, 0.6) is 11.5 Å². The van der Waals surface area contributed by atoms with Crippen molar-refractivity contribution in [3.05, 3.63) is 18.2 Å². The lowest BCUT2D eigenvalue weighted by molar-refractivity contribution is -0.135. The van der Waals surface area contributed by atoms with Crippen molar-refractivity contribution in [3.8, 4) is 11.5 Å². The third kappa shape index (κ3) is 4.59. The molecule has 0 saturated carbocycles. The number of hydrogen-bond acceptors (Lipinski definition) is 5. The average Bonchev–Trinajstić information content (AvgIpc) is 3.09. The zero-order valence-electron chi connectivity index (χ0n) is 14.9. The van der Waals surface area contributed by atoms with Crippen molar-refractivity contribution in [2.24, 2.45) is 11.7 Å². The van der Waals surface area contributed by atoms with Gasteiger partial charge < -0.3 is 25.4 Å². The molecule has 1 atom stereocenters. The number of anilines is 1. The minimum atomic E-state index is -0.427. The summed E-state index contributed by atoms with van der Waals surface area (Å²) in [6.07, 6.45) is 2.90. The number of halogens is 1. The maximum atomic E-state index is 12.5. The number of nitrogens with one attached hydrogen (secondary N) is 1. The van der Waals surface area contributed by atoms with E-state index < -0.39 is 6.04 Å². The second-order valence-electron chi connectivity index (χ2n) is 6.55. The van der Waals surface area contributed by atoms with Gasteiger partial charge in [0.2, 0.25) is 18.6 Å². The Kier molecular flexibility index (Phi) is 7.11. The fraction of sp³-hybridized carbons (Fsp3) is 0.556. The lowest BCUT2D eigenvalue weighted by Gasteiger charge is -2.33. The van der Waals surface area contributed by atoms with Crippen LogP contribution in [-0.2, 0) is 9.59 Å². The summed E-state index contributed by atoms with van der Waals surface area (Å²) in [5, 5.41) is 2.93. The Bertz CT molecular complexity index is 647. The summed E-state index contributed by atoms with van der Waals surface area (Å²) >= 11 is 0. The maximum absolute atomic E-state index is 12.5. The lowest BCUT2D eigenvalue weighted by Crippen LogP contribution is -2.48. The number of hydrogen-bond donors (Lipinski definition) is 2. The molecular formula is C18H26ClN3O4. The second-order valence-corrected chi connectivity index (χ2v) is 6.55. The molecule has 0 radical (unpaired) electrons. The largest absolute Gasteiger partial charge is 0.454 e. The van der Waals surface area contributed by atoms with Gasteiger partial charge in [-0.1, -0.05) is 13.3 Å². The highest BCUT2D eigenvalue weighted by Gasteiger charge is 2.29. The predicted octanol–water partition coefficient (Wildman–Crippen LogP) is 2.14. The van der Waals surface area contributed by atoms with Crippen molar-refractivity contribution < 1.29 is 19.1 Å². The van der Waals surface area contributed by atoms with Crippen LogP contribution in [-0.4, -0.2) is 42.6 Å². The number of carbonyl (C=O) groups is 2. The average molecular weight is 384 g/mol. The number of nitrogens with two attached hydrogens (primary N) is 1. The minimum absolute atomic E-state index is 0. The molecule has 0 aromatic heterocycles. The number of likely N-dealkylation sites (tertiary alicyclic amines) is 1. The Morgan fingerprint density at radius 3 is 2.65 bits per heavy atom. The smallest absolute Gasteiger partial charge is 0.239 e. The number of nitrogens with zero attached hydrogens (tertiary/aromatic N) is 1. The molecule has 2 aliphatic rings. The van der Waals surface area contributed by atoms with Crippen LogP contribution in [0.2, 0.25) is 0 Å². The van der Waals surface area contributed by atoms with Crippen LogP contribution in [0.4, 0.5) is 5.69 Å². The van der Waals surface area contributed by atoms with Crippen LogP contribution < -0.4 is 20.5 Å². The number of carbonyl (C=O) groups excluding carboxylic acids is 2. The van der Waals surface area contributed by atoms with E-state index in [2.05, 4.69) is 5.32 Å². The van der Waals surface area contributed by atoms with Gasteiger partial charge in [-0.05, 0) is 31.4 Å². The number of ether oxygens (including phenoxy) is 2. The third-order valence-electron chi connectivity index (χ3n) is 4.73. The fourth-order valence-corrected chi connectivity index (χ4v) is 3.25. The van der Waals surface area contributed by atoms with Crippen molar-refractivity contribution in [1.29, 1.82) is 0 Å². The number of benzene rings is 1. The summed E-state index contributed by atoms with van der Waals surface area (Å²) in [4.78, 5) is 26.5. The van der Waals surface area contributed by atoms with Gasteiger partial charge in [0.25, 0.3) is 0 Å². The van der Waals surface area contributed by atoms with Gasteiger partial charge >= 0.3 is 0 Å². The van der Waals surface area contributed by atoms with Crippen molar-refractivity contribution in [3.63, 3.8) is 0 Å². The van der Waals surface area contributed by atoms with Gasteiger partial charge in [-0.3, -0.25) is 9.59 Å². The summed E-state index contributed by atoms with van der Waals surface area (Å²) in [6, 6.07) is 4.93. The monoisotopic (exact) mass is 383 g/mol. The molecule has 144 valence electrons. The van der Waals surface area contributed by atoms with E-state index in [1.807, 2.05) is 6.92 Å². The van der Waals surface area contributed by atoms with Gasteiger partial charge in [-0.25, -0.2) is 0 Å². The maximum Gasteiger partial charge on any atom is 0.239 e. The molecule has 1 aromatic carbocycles. The van der Waals surface area contributed by atoms with E-state index in [1.54, 1.807) is 23.1 Å². The first kappa shape index (κ1) is 20.3. The molecule has 0 spiro atoms. The molecule has 2 heterocycles. The van der Waals surface area contributed by atoms with Gasteiger partial charge in [-0.2, -0.15) is 0 Å². The van der Waals surface area contributed by atoms with Crippen LogP contribution in [0.1, 0.15) is 32.6 Å². The third-order valence-corrected chi connectivity index (χ3v) is 4.73. The molecule has 3 N–H and O–H groups in total. The van der Waals surface area contributed by atoms with E-state index in [0.29, 0.717) is 49.5 Å². The standard InChI is InChI=1S/C18H25N3O4.ClH/c1-2-3-14(19)18(23)21-8-6-12(7-9-21)17(22)20-13-4-5-15-16(10-13)25-11-24-15;/h4-5,10,12,14H,2-3,6-9,11,19H2,1H3,(H,20,22);1H. The molecule has 7 nitrogen and oxygen atoms in total. The van der Waals surface area contributed by atoms with Gasteiger partial charge in [0.15, 0.2) is 11.5 Å². The van der Waals surface area contributed by atoms with Gasteiger partial charge in [0.05, 0.1) is 6.04 Å². The Balaban J connectivity index is 0.00000243. The quantitative estimate of drug-likeness (QED) is 0.812. The lowest BCUT2D eigenvalue weighted by atomic mass is 9.95. The van der Waals surface area contributed by atoms with E-state index in [0.717, 1.165) is 6.42 Å². The summed E-state index contributed by atoms with van der Waals surface area (Å²) < 4.78 is 10.6. The Morgan fingerprint density at radius 2 is 1.96 bits per heavy atom. The normalized spacial score (nSPS) is 17.4. The first-order valence-electron chi connectivity index (χ1n) is 8.83. The topological polar surface area (TPSA) is 93.9 Å². The van der Waals surface area contributed by atoms with Crippen molar-refractivity contribution in [2.45, 2.75) is 38.6 Å². The van der Waals surface area contributed by atoms with Crippen LogP contribution in [0.25, 0.3) is 0 Å². The molecule has 2 aliphatic heterocycles. The zero-order valence-corrected chi connectivity index (χ0v) is 15.7. The van der Waals surface area contributed by atoms with Crippen LogP contribution >= 0.6 is 12.4 Å². The molecule has 1 aromatic rings. The van der Waals surface area contributed by atoms with Crippen molar-refractivity contribution in [1.82, 2.24) is 4.90 Å². The Morgan fingerprint density at radius 1 is 1.27 bits per heavy atom. The second kappa shape index (κ2) is 9.09. The van der Waals surface area contributed by atoms with E-state index in [-0.39, 0.29) is 36.9 Å². The van der Waals surface area contributed by atoms with Crippen LogP contribution in [0.3, 0.4) is 0 Å². The number of piperidine rings is 1. The van der Waals surface area contributed by atoms with Crippen LogP contribution in [0, 0.1) is 5.92 Å². The number of fused-ring (bicyclic) bond motifs is 1. The first-order chi connectivity index (χ1) is 12.1. The van der Waals surface area contributed by atoms with E-state index in [4.69, 9.17) is 15.2 Å². The molecule has 1 saturated heterocycles. The molecule has 26 heavy (non-hydrogen) atoms. The number of amides is 2. The summed E-state index contributed by atoms with van der Waals surface area (Å²) in [5.74, 6) is 1.20. The predicted molar refractivity (Wildman–Crippen MR) is 101 cm³/mol. The molecule has 1 unspecified atom stereocenters. The summed E-state index contributed by atoms with van der Waals surface area (Å²) in [5.41, 5.74) is 6.60. The fourth-order valence-electron chi connectivity index (χ4n) is 3.25. The molecule has 8 heteroatoms. The molecule has 3 rings (SSSR count). The Hall–Kier alpha value is -1.99. The highest BCUT2D eigenvalue weighted by atomic mass is 35.5. The molecule has 0 aliphatic carbocycles. The summed E-state index contributed by atoms with van der Waals surface area (Å²) in [7, 11) is 0. The van der Waals surface area contributed by atoms with Crippen LogP contribution in [0.15, 0.2) is 18.2 Å². The van der Waals surface area contributed by atoms with Gasteiger partial charge in [0.1, 0.15) is 0 Å². The number of rotatable bonds is 5. The first-order valence-corrected chi connectivity index (χ1v) is 8.83. The van der Waals surface area contributed by atoms with Gasteiger partial charge in [-0.15, -0.1) is 12.4 Å². The van der Waals surface area contributed by atoms with E-state index in [1.165, 1.54) is 0 Å². The molecular weight excluding hydrogens is 358 g/mol. The highest BCUT2D eigenvalue weighted by molar-refractivity contribution is 5.93. The van der Waals surface area contributed by atoms with Gasteiger partial charge in [0, 0.05) is 30.8 Å². The molecule has 0 bridgehead atoms. The summed E-state index contributed by atoms with van der Waals surface area (Å²) in [6.45, 7) is 3.38. The zero-order chi connectivity index (χ0) is 17.8. The van der Waals surface area contributed by atoms with E-state index >= 15 is 0 Å². The molecule has 2 amide bonds. The highest BCUT2D eigenvalue weighted by Crippen LogP contribution is 2.34.